The van der Waals surface area contributed by atoms with E-state index in [2.05, 4.69) is 20.4 Å². The van der Waals surface area contributed by atoms with E-state index in [4.69, 9.17) is 4.74 Å². The minimum atomic E-state index is -0.121. The van der Waals surface area contributed by atoms with Crippen LogP contribution in [-0.2, 0) is 17.6 Å². The van der Waals surface area contributed by atoms with Crippen molar-refractivity contribution in [2.75, 3.05) is 18.5 Å². The number of anilines is 1. The zero-order chi connectivity index (χ0) is 15.6. The lowest BCUT2D eigenvalue weighted by Gasteiger charge is -2.23. The van der Waals surface area contributed by atoms with Crippen molar-refractivity contribution in [1.29, 1.82) is 0 Å². The molecule has 23 heavy (non-hydrogen) atoms. The van der Waals surface area contributed by atoms with Crippen molar-refractivity contribution in [1.82, 2.24) is 19.7 Å². The number of ether oxygens (including phenoxy) is 1. The van der Waals surface area contributed by atoms with Crippen molar-refractivity contribution in [3.63, 3.8) is 0 Å². The molecule has 1 N–H and O–H groups in total. The summed E-state index contributed by atoms with van der Waals surface area (Å²) in [4.78, 5) is 20.6. The Morgan fingerprint density at radius 2 is 2.17 bits per heavy atom. The lowest BCUT2D eigenvalue weighted by Crippen LogP contribution is -2.38. The Morgan fingerprint density at radius 1 is 1.26 bits per heavy atom. The molecule has 0 aromatic carbocycles. The van der Waals surface area contributed by atoms with Gasteiger partial charge < -0.3 is 10.1 Å². The van der Waals surface area contributed by atoms with Crippen LogP contribution in [0.2, 0.25) is 0 Å². The molecule has 3 heterocycles. The summed E-state index contributed by atoms with van der Waals surface area (Å²) in [5.41, 5.74) is 2.12. The Bertz CT molecular complexity index is 746. The molecule has 2 aliphatic rings. The number of hydrogen-bond donors (Lipinski definition) is 1. The summed E-state index contributed by atoms with van der Waals surface area (Å²) in [5, 5.41) is 7.96. The van der Waals surface area contributed by atoms with Crippen molar-refractivity contribution in [3.8, 4) is 0 Å². The number of aromatic nitrogens is 4. The quantitative estimate of drug-likeness (QED) is 0.909. The lowest BCUT2D eigenvalue weighted by molar-refractivity contribution is 0.182. The third kappa shape index (κ3) is 2.84. The minimum absolute atomic E-state index is 0.0308. The fraction of sp³-hybridized carbons (Fsp3) is 0.500. The molecule has 1 fully saturated rings. The van der Waals surface area contributed by atoms with Crippen LogP contribution < -0.4 is 10.9 Å². The van der Waals surface area contributed by atoms with Gasteiger partial charge in [0, 0.05) is 12.3 Å². The summed E-state index contributed by atoms with van der Waals surface area (Å²) in [6, 6.07) is 3.40. The van der Waals surface area contributed by atoms with Crippen molar-refractivity contribution < 1.29 is 4.74 Å². The highest BCUT2D eigenvalue weighted by atomic mass is 16.5. The van der Waals surface area contributed by atoms with Crippen LogP contribution in [-0.4, -0.2) is 39.0 Å². The Labute approximate surface area is 133 Å². The maximum absolute atomic E-state index is 12.5. The molecule has 1 aliphatic carbocycles. The summed E-state index contributed by atoms with van der Waals surface area (Å²) < 4.78 is 7.18. The Hall–Kier alpha value is -2.28. The standard InChI is InChI=1S/C16H19N5O2/c22-16-7-11-3-1-2-4-12(11)20-21(16)14-9-23-8-13(14)19-15-5-6-17-10-18-15/h5-7,10,13-14H,1-4,8-9H2,(H,17,18,19). The lowest BCUT2D eigenvalue weighted by atomic mass is 9.97. The SMILES string of the molecule is O=c1cc2c(nn1C1COCC1Nc1ccncn1)CCCC2. The van der Waals surface area contributed by atoms with E-state index in [0.717, 1.165) is 42.8 Å². The summed E-state index contributed by atoms with van der Waals surface area (Å²) in [7, 11) is 0. The van der Waals surface area contributed by atoms with Gasteiger partial charge in [-0.15, -0.1) is 0 Å². The monoisotopic (exact) mass is 313 g/mol. The van der Waals surface area contributed by atoms with Crippen molar-refractivity contribution in [2.24, 2.45) is 0 Å². The highest BCUT2D eigenvalue weighted by molar-refractivity contribution is 5.34. The van der Waals surface area contributed by atoms with Gasteiger partial charge in [-0.2, -0.15) is 5.10 Å². The van der Waals surface area contributed by atoms with Crippen LogP contribution in [0, 0.1) is 0 Å². The smallest absolute Gasteiger partial charge is 0.267 e. The van der Waals surface area contributed by atoms with Gasteiger partial charge in [0.25, 0.3) is 5.56 Å². The van der Waals surface area contributed by atoms with Gasteiger partial charge >= 0.3 is 0 Å². The molecule has 7 nitrogen and oxygen atoms in total. The number of aryl methyl sites for hydroxylation is 2. The summed E-state index contributed by atoms with van der Waals surface area (Å²) in [6.45, 7) is 1.01. The second-order valence-electron chi connectivity index (χ2n) is 6.06. The van der Waals surface area contributed by atoms with Crippen LogP contribution in [0.25, 0.3) is 0 Å². The first-order valence-electron chi connectivity index (χ1n) is 8.03. The van der Waals surface area contributed by atoms with Crippen molar-refractivity contribution >= 4 is 5.82 Å². The van der Waals surface area contributed by atoms with E-state index >= 15 is 0 Å². The molecule has 0 bridgehead atoms. The Balaban J connectivity index is 1.62. The van der Waals surface area contributed by atoms with E-state index in [1.165, 1.54) is 6.33 Å². The molecule has 2 aromatic heterocycles. The molecule has 2 atom stereocenters. The van der Waals surface area contributed by atoms with E-state index in [9.17, 15) is 4.79 Å². The van der Waals surface area contributed by atoms with E-state index < -0.39 is 0 Å². The normalized spacial score (nSPS) is 23.5. The number of nitrogens with zero attached hydrogens (tertiary/aromatic N) is 4. The largest absolute Gasteiger partial charge is 0.377 e. The molecule has 120 valence electrons. The first-order chi connectivity index (χ1) is 11.3. The Kier molecular flexibility index (Phi) is 3.78. The number of fused-ring (bicyclic) bond motifs is 1. The zero-order valence-electron chi connectivity index (χ0n) is 12.8. The van der Waals surface area contributed by atoms with Crippen LogP contribution >= 0.6 is 0 Å². The topological polar surface area (TPSA) is 81.9 Å². The minimum Gasteiger partial charge on any atom is -0.377 e. The zero-order valence-corrected chi connectivity index (χ0v) is 12.8. The van der Waals surface area contributed by atoms with Gasteiger partial charge in [-0.3, -0.25) is 4.79 Å². The molecule has 0 amide bonds. The van der Waals surface area contributed by atoms with Crippen LogP contribution in [0.3, 0.4) is 0 Å². The van der Waals surface area contributed by atoms with Gasteiger partial charge in [-0.25, -0.2) is 14.6 Å². The Morgan fingerprint density at radius 3 is 3.04 bits per heavy atom. The molecule has 1 saturated heterocycles. The van der Waals surface area contributed by atoms with Gasteiger partial charge in [0.15, 0.2) is 0 Å². The van der Waals surface area contributed by atoms with E-state index in [1.807, 2.05) is 0 Å². The molecule has 4 rings (SSSR count). The third-order valence-electron chi connectivity index (χ3n) is 4.51. The van der Waals surface area contributed by atoms with E-state index in [-0.39, 0.29) is 17.6 Å². The van der Waals surface area contributed by atoms with Gasteiger partial charge in [0.05, 0.1) is 24.9 Å². The fourth-order valence-electron chi connectivity index (χ4n) is 3.30. The molecule has 2 aromatic rings. The maximum atomic E-state index is 12.5. The number of hydrogen-bond acceptors (Lipinski definition) is 6. The number of rotatable bonds is 3. The molecule has 1 aliphatic heterocycles. The molecule has 0 saturated carbocycles. The van der Waals surface area contributed by atoms with Gasteiger partial charge in [-0.05, 0) is 37.3 Å². The van der Waals surface area contributed by atoms with Crippen LogP contribution in [0.5, 0.6) is 0 Å². The predicted molar refractivity (Wildman–Crippen MR) is 84.4 cm³/mol. The molecular formula is C16H19N5O2. The molecular weight excluding hydrogens is 294 g/mol. The summed E-state index contributed by atoms with van der Waals surface area (Å²) in [5.74, 6) is 0.728. The van der Waals surface area contributed by atoms with Crippen LogP contribution in [0.1, 0.15) is 30.1 Å². The van der Waals surface area contributed by atoms with Crippen LogP contribution in [0.4, 0.5) is 5.82 Å². The average molecular weight is 313 g/mol. The third-order valence-corrected chi connectivity index (χ3v) is 4.51. The van der Waals surface area contributed by atoms with Crippen molar-refractivity contribution in [3.05, 3.63) is 46.3 Å². The average Bonchev–Trinajstić information content (AvgIpc) is 3.03. The summed E-state index contributed by atoms with van der Waals surface area (Å²) in [6.07, 6.45) is 7.37. The maximum Gasteiger partial charge on any atom is 0.267 e. The highest BCUT2D eigenvalue weighted by Gasteiger charge is 2.32. The second kappa shape index (κ2) is 6.08. The van der Waals surface area contributed by atoms with E-state index in [0.29, 0.717) is 13.2 Å². The fourth-order valence-corrected chi connectivity index (χ4v) is 3.30. The van der Waals surface area contributed by atoms with Crippen LogP contribution in [0.15, 0.2) is 29.5 Å². The molecule has 0 spiro atoms. The molecule has 2 unspecified atom stereocenters. The van der Waals surface area contributed by atoms with E-state index in [1.54, 1.807) is 23.0 Å². The van der Waals surface area contributed by atoms with Gasteiger partial charge in [0.1, 0.15) is 18.2 Å². The molecule has 7 heteroatoms. The first-order valence-corrected chi connectivity index (χ1v) is 8.03. The first kappa shape index (κ1) is 14.3. The van der Waals surface area contributed by atoms with Gasteiger partial charge in [0.2, 0.25) is 0 Å². The van der Waals surface area contributed by atoms with Gasteiger partial charge in [-0.1, -0.05) is 0 Å². The highest BCUT2D eigenvalue weighted by Crippen LogP contribution is 2.23. The molecule has 0 radical (unpaired) electrons. The number of nitrogens with one attached hydrogen (secondary N) is 1. The summed E-state index contributed by atoms with van der Waals surface area (Å²) >= 11 is 0. The second-order valence-corrected chi connectivity index (χ2v) is 6.06. The predicted octanol–water partition coefficient (Wildman–Crippen LogP) is 0.964. The van der Waals surface area contributed by atoms with Crippen molar-refractivity contribution in [2.45, 2.75) is 37.8 Å².